The summed E-state index contributed by atoms with van der Waals surface area (Å²) < 4.78 is 16.5. The molecule has 2 aromatic heterocycles. The molecule has 0 spiro atoms. The summed E-state index contributed by atoms with van der Waals surface area (Å²) >= 11 is 0. The molecule has 3 aromatic carbocycles. The van der Waals surface area contributed by atoms with Crippen LogP contribution in [0.1, 0.15) is 19.3 Å². The van der Waals surface area contributed by atoms with E-state index >= 15 is 0 Å². The third kappa shape index (κ3) is 3.63. The molecule has 162 valence electrons. The number of hydrogen-bond acceptors (Lipinski definition) is 4. The second kappa shape index (κ2) is 8.13. The van der Waals surface area contributed by atoms with E-state index in [9.17, 15) is 4.39 Å². The molecule has 1 fully saturated rings. The maximum absolute atomic E-state index is 14.4. The van der Waals surface area contributed by atoms with Crippen molar-refractivity contribution in [2.24, 2.45) is 0 Å². The second-order valence-electron chi connectivity index (χ2n) is 8.34. The number of anilines is 1. The van der Waals surface area contributed by atoms with Gasteiger partial charge in [0.15, 0.2) is 11.5 Å². The van der Waals surface area contributed by atoms with Crippen molar-refractivity contribution in [3.8, 4) is 28.5 Å². The van der Waals surface area contributed by atoms with Crippen LogP contribution in [-0.4, -0.2) is 25.6 Å². The van der Waals surface area contributed by atoms with Crippen LogP contribution in [0, 0.1) is 5.82 Å². The summed E-state index contributed by atoms with van der Waals surface area (Å²) in [5, 5.41) is 3.58. The summed E-state index contributed by atoms with van der Waals surface area (Å²) in [5.74, 6) is 0.757. The van der Waals surface area contributed by atoms with Gasteiger partial charge in [0.05, 0.1) is 11.8 Å². The van der Waals surface area contributed by atoms with E-state index < -0.39 is 0 Å². The first-order valence-electron chi connectivity index (χ1n) is 11.2. The molecule has 5 aromatic rings. The van der Waals surface area contributed by atoms with Crippen LogP contribution >= 0.6 is 0 Å². The van der Waals surface area contributed by atoms with E-state index in [-0.39, 0.29) is 5.82 Å². The summed E-state index contributed by atoms with van der Waals surface area (Å²) in [4.78, 5) is 14.0. The minimum atomic E-state index is -0.349. The highest BCUT2D eigenvalue weighted by atomic mass is 19.1. The molecule has 1 N–H and O–H groups in total. The molecule has 1 saturated carbocycles. The van der Waals surface area contributed by atoms with Gasteiger partial charge >= 0.3 is 0 Å². The van der Waals surface area contributed by atoms with Crippen molar-refractivity contribution < 1.29 is 4.39 Å². The summed E-state index contributed by atoms with van der Waals surface area (Å²) in [6.45, 7) is 0. The standard InChI is InChI=1S/C27H22FN5/c28-23-12-5-4-11-22(23)25-29-17-24-27(32-25)33(26(31-24)18-7-2-1-3-8-18)21-15-13-20(14-16-21)30-19-9-6-10-19/h1-5,7-8,11-17,19,30H,6,9-10H2. The van der Waals surface area contributed by atoms with Crippen molar-refractivity contribution in [2.75, 3.05) is 5.32 Å². The van der Waals surface area contributed by atoms with E-state index in [1.165, 1.54) is 25.3 Å². The van der Waals surface area contributed by atoms with Crippen LogP contribution in [0.15, 0.2) is 85.1 Å². The summed E-state index contributed by atoms with van der Waals surface area (Å²) in [6, 6.07) is 25.4. The highest BCUT2D eigenvalue weighted by molar-refractivity contribution is 5.81. The minimum absolute atomic E-state index is 0.338. The molecule has 6 heteroatoms. The molecule has 0 aliphatic heterocycles. The van der Waals surface area contributed by atoms with Crippen LogP contribution in [0.2, 0.25) is 0 Å². The van der Waals surface area contributed by atoms with Crippen LogP contribution in [0.25, 0.3) is 39.6 Å². The Morgan fingerprint density at radius 1 is 0.848 bits per heavy atom. The average molecular weight is 436 g/mol. The van der Waals surface area contributed by atoms with E-state index in [2.05, 4.69) is 34.6 Å². The van der Waals surface area contributed by atoms with Gasteiger partial charge in [0, 0.05) is 23.0 Å². The lowest BCUT2D eigenvalue weighted by Crippen LogP contribution is -2.26. The van der Waals surface area contributed by atoms with Gasteiger partial charge in [-0.3, -0.25) is 4.57 Å². The largest absolute Gasteiger partial charge is 0.382 e. The van der Waals surface area contributed by atoms with Crippen molar-refractivity contribution in [1.29, 1.82) is 0 Å². The Kier molecular flexibility index (Phi) is 4.83. The lowest BCUT2D eigenvalue weighted by molar-refractivity contribution is 0.445. The van der Waals surface area contributed by atoms with Crippen LogP contribution in [0.3, 0.4) is 0 Å². The first-order chi connectivity index (χ1) is 16.3. The topological polar surface area (TPSA) is 55.6 Å². The van der Waals surface area contributed by atoms with E-state index in [0.29, 0.717) is 28.6 Å². The fraction of sp³-hybridized carbons (Fsp3) is 0.148. The van der Waals surface area contributed by atoms with Gasteiger partial charge in [-0.05, 0) is 55.7 Å². The number of fused-ring (bicyclic) bond motifs is 1. The Morgan fingerprint density at radius 3 is 2.33 bits per heavy atom. The summed E-state index contributed by atoms with van der Waals surface area (Å²) in [7, 11) is 0. The van der Waals surface area contributed by atoms with Gasteiger partial charge in [-0.1, -0.05) is 42.5 Å². The highest BCUT2D eigenvalue weighted by Gasteiger charge is 2.19. The number of imidazole rings is 1. The molecule has 0 unspecified atom stereocenters. The van der Waals surface area contributed by atoms with Crippen molar-refractivity contribution >= 4 is 16.9 Å². The SMILES string of the molecule is Fc1ccccc1-c1ncc2nc(-c3ccccc3)n(-c3ccc(NC4CCC4)cc3)c2n1. The summed E-state index contributed by atoms with van der Waals surface area (Å²) in [5.41, 5.74) is 4.69. The predicted octanol–water partition coefficient (Wildman–Crippen LogP) is 6.25. The first-order valence-corrected chi connectivity index (χ1v) is 11.2. The van der Waals surface area contributed by atoms with Crippen molar-refractivity contribution in [2.45, 2.75) is 25.3 Å². The lowest BCUT2D eigenvalue weighted by Gasteiger charge is -2.27. The smallest absolute Gasteiger partial charge is 0.169 e. The Hall–Kier alpha value is -4.06. The van der Waals surface area contributed by atoms with E-state index in [0.717, 1.165) is 22.8 Å². The Morgan fingerprint density at radius 2 is 1.61 bits per heavy atom. The molecule has 0 bridgehead atoms. The Bertz CT molecular complexity index is 1420. The zero-order valence-corrected chi connectivity index (χ0v) is 17.9. The zero-order chi connectivity index (χ0) is 22.2. The second-order valence-corrected chi connectivity index (χ2v) is 8.34. The van der Waals surface area contributed by atoms with Gasteiger partial charge in [0.1, 0.15) is 17.2 Å². The molecular formula is C27H22FN5. The number of benzene rings is 3. The normalized spacial score (nSPS) is 13.7. The maximum atomic E-state index is 14.4. The minimum Gasteiger partial charge on any atom is -0.382 e. The number of hydrogen-bond donors (Lipinski definition) is 1. The van der Waals surface area contributed by atoms with Crippen LogP contribution in [0.5, 0.6) is 0 Å². The fourth-order valence-corrected chi connectivity index (χ4v) is 4.17. The molecular weight excluding hydrogens is 413 g/mol. The molecule has 1 aliphatic rings. The number of nitrogens with one attached hydrogen (secondary N) is 1. The van der Waals surface area contributed by atoms with Crippen molar-refractivity contribution in [1.82, 2.24) is 19.5 Å². The highest BCUT2D eigenvalue weighted by Crippen LogP contribution is 2.30. The maximum Gasteiger partial charge on any atom is 0.169 e. The molecule has 6 rings (SSSR count). The molecule has 0 radical (unpaired) electrons. The first kappa shape index (κ1) is 19.6. The van der Waals surface area contributed by atoms with Crippen molar-refractivity contribution in [3.63, 3.8) is 0 Å². The van der Waals surface area contributed by atoms with Gasteiger partial charge in [0.25, 0.3) is 0 Å². The molecule has 0 saturated heterocycles. The molecule has 0 atom stereocenters. The molecule has 33 heavy (non-hydrogen) atoms. The number of nitrogens with zero attached hydrogens (tertiary/aromatic N) is 4. The third-order valence-electron chi connectivity index (χ3n) is 6.15. The molecule has 5 nitrogen and oxygen atoms in total. The summed E-state index contributed by atoms with van der Waals surface area (Å²) in [6.07, 6.45) is 5.41. The van der Waals surface area contributed by atoms with Gasteiger partial charge in [0.2, 0.25) is 0 Å². The fourth-order valence-electron chi connectivity index (χ4n) is 4.17. The Balaban J connectivity index is 1.51. The molecule has 1 aliphatic carbocycles. The Labute approximate surface area is 191 Å². The lowest BCUT2D eigenvalue weighted by atomic mass is 9.93. The van der Waals surface area contributed by atoms with Gasteiger partial charge in [-0.2, -0.15) is 0 Å². The van der Waals surface area contributed by atoms with Gasteiger partial charge < -0.3 is 5.32 Å². The number of halogens is 1. The average Bonchev–Trinajstić information content (AvgIpc) is 3.21. The van der Waals surface area contributed by atoms with Crippen LogP contribution < -0.4 is 5.32 Å². The van der Waals surface area contributed by atoms with Crippen LogP contribution in [0.4, 0.5) is 10.1 Å². The van der Waals surface area contributed by atoms with Crippen molar-refractivity contribution in [3.05, 3.63) is 90.9 Å². The van der Waals surface area contributed by atoms with E-state index in [1.54, 1.807) is 24.4 Å². The predicted molar refractivity (Wildman–Crippen MR) is 129 cm³/mol. The van der Waals surface area contributed by atoms with E-state index in [4.69, 9.17) is 9.97 Å². The quantitative estimate of drug-likeness (QED) is 0.354. The third-order valence-corrected chi connectivity index (χ3v) is 6.15. The monoisotopic (exact) mass is 435 g/mol. The number of rotatable bonds is 5. The van der Waals surface area contributed by atoms with Gasteiger partial charge in [-0.25, -0.2) is 19.3 Å². The van der Waals surface area contributed by atoms with Crippen LogP contribution in [-0.2, 0) is 0 Å². The van der Waals surface area contributed by atoms with Gasteiger partial charge in [-0.15, -0.1) is 0 Å². The molecule has 2 heterocycles. The number of aromatic nitrogens is 4. The molecule has 0 amide bonds. The van der Waals surface area contributed by atoms with E-state index in [1.807, 2.05) is 34.9 Å². The zero-order valence-electron chi connectivity index (χ0n) is 17.9.